The van der Waals surface area contributed by atoms with Gasteiger partial charge in [-0.05, 0) is 40.3 Å². The van der Waals surface area contributed by atoms with E-state index >= 15 is 0 Å². The number of nitrogens with zero attached hydrogens (tertiary/aromatic N) is 8. The highest BCUT2D eigenvalue weighted by atomic mass is 16.5. The van der Waals surface area contributed by atoms with Gasteiger partial charge in [-0.3, -0.25) is 9.69 Å². The molecule has 1 fully saturated rings. The third-order valence-corrected chi connectivity index (χ3v) is 6.10. The van der Waals surface area contributed by atoms with Gasteiger partial charge in [0.05, 0.1) is 13.7 Å². The summed E-state index contributed by atoms with van der Waals surface area (Å²) in [6, 6.07) is 16.9. The van der Waals surface area contributed by atoms with Gasteiger partial charge in [0, 0.05) is 38.2 Å². The monoisotopic (exact) mass is 474 g/mol. The second-order valence-corrected chi connectivity index (χ2v) is 8.34. The van der Waals surface area contributed by atoms with Crippen molar-refractivity contribution in [3.8, 4) is 17.1 Å². The smallest absolute Gasteiger partial charge is 0.248 e. The average Bonchev–Trinajstić information content (AvgIpc) is 3.61. The van der Waals surface area contributed by atoms with E-state index in [-0.39, 0.29) is 5.91 Å². The van der Waals surface area contributed by atoms with Crippen molar-refractivity contribution in [1.82, 2.24) is 40.1 Å². The number of benzene rings is 2. The first-order valence-corrected chi connectivity index (χ1v) is 11.4. The van der Waals surface area contributed by atoms with Crippen molar-refractivity contribution in [2.45, 2.75) is 19.0 Å². The molecule has 0 aliphatic carbocycles. The first-order chi connectivity index (χ1) is 17.2. The minimum Gasteiger partial charge on any atom is -0.497 e. The van der Waals surface area contributed by atoms with Crippen molar-refractivity contribution >= 4 is 5.91 Å². The fourth-order valence-electron chi connectivity index (χ4n) is 4.15. The Morgan fingerprint density at radius 1 is 1.06 bits per heavy atom. The van der Waals surface area contributed by atoms with Crippen LogP contribution in [0.15, 0.2) is 65.4 Å². The fourth-order valence-corrected chi connectivity index (χ4v) is 4.15. The molecule has 2 aromatic heterocycles. The number of methoxy groups -OCH3 is 1. The molecule has 5 rings (SSSR count). The molecule has 0 spiro atoms. The van der Waals surface area contributed by atoms with Gasteiger partial charge in [-0.2, -0.15) is 4.98 Å². The summed E-state index contributed by atoms with van der Waals surface area (Å²) in [7, 11) is 1.63. The molecule has 1 atom stereocenters. The Bertz CT molecular complexity index is 1220. The number of ether oxygens (including phenoxy) is 1. The molecule has 1 saturated heterocycles. The van der Waals surface area contributed by atoms with Gasteiger partial charge in [0.2, 0.25) is 17.6 Å². The van der Waals surface area contributed by atoms with Gasteiger partial charge in [-0.15, -0.1) is 5.10 Å². The third-order valence-electron chi connectivity index (χ3n) is 6.10. The molecule has 1 aliphatic rings. The van der Waals surface area contributed by atoms with E-state index in [4.69, 9.17) is 9.26 Å². The number of piperazine rings is 1. The van der Waals surface area contributed by atoms with E-state index < -0.39 is 6.04 Å². The van der Waals surface area contributed by atoms with Crippen LogP contribution >= 0.6 is 0 Å². The minimum atomic E-state index is -0.484. The lowest BCUT2D eigenvalue weighted by atomic mass is 10.0. The predicted octanol–water partition coefficient (Wildman–Crippen LogP) is 1.86. The number of rotatable bonds is 8. The molecule has 180 valence electrons. The zero-order valence-electron chi connectivity index (χ0n) is 19.4. The van der Waals surface area contributed by atoms with Crippen LogP contribution in [0.5, 0.6) is 5.75 Å². The van der Waals surface area contributed by atoms with Crippen molar-refractivity contribution in [3.05, 3.63) is 72.4 Å². The number of amides is 1. The molecule has 3 heterocycles. The molecule has 35 heavy (non-hydrogen) atoms. The quantitative estimate of drug-likeness (QED) is 0.377. The number of tetrazole rings is 1. The van der Waals surface area contributed by atoms with Crippen LogP contribution in [-0.2, 0) is 17.8 Å². The summed E-state index contributed by atoms with van der Waals surface area (Å²) < 4.78 is 12.2. The number of aromatic nitrogens is 6. The van der Waals surface area contributed by atoms with Crippen LogP contribution in [0, 0.1) is 0 Å². The van der Waals surface area contributed by atoms with E-state index in [1.807, 2.05) is 59.5 Å². The molecule has 0 radical (unpaired) electrons. The SMILES string of the molecule is COc1ccc(-c2noc(CN3CCN(C(=O)C(Cc4ccccc4)n4cnnn4)CC3)n2)cc1. The Hall–Kier alpha value is -4.12. The maximum absolute atomic E-state index is 13.4. The van der Waals surface area contributed by atoms with Crippen LogP contribution < -0.4 is 4.74 Å². The second-order valence-electron chi connectivity index (χ2n) is 8.34. The molecule has 1 aliphatic heterocycles. The van der Waals surface area contributed by atoms with E-state index in [2.05, 4.69) is 30.6 Å². The van der Waals surface area contributed by atoms with Crippen LogP contribution in [0.1, 0.15) is 17.5 Å². The lowest BCUT2D eigenvalue weighted by molar-refractivity contribution is -0.137. The summed E-state index contributed by atoms with van der Waals surface area (Å²) in [4.78, 5) is 22.0. The molecule has 4 aromatic rings. The highest BCUT2D eigenvalue weighted by molar-refractivity contribution is 5.80. The summed E-state index contributed by atoms with van der Waals surface area (Å²) in [5.74, 6) is 1.88. The average molecular weight is 475 g/mol. The molecule has 1 amide bonds. The summed E-state index contributed by atoms with van der Waals surface area (Å²) in [5.41, 5.74) is 1.92. The van der Waals surface area contributed by atoms with Crippen molar-refractivity contribution in [1.29, 1.82) is 0 Å². The third kappa shape index (κ3) is 5.35. The van der Waals surface area contributed by atoms with Crippen molar-refractivity contribution < 1.29 is 14.1 Å². The van der Waals surface area contributed by atoms with Crippen molar-refractivity contribution in [3.63, 3.8) is 0 Å². The molecule has 0 bridgehead atoms. The highest BCUT2D eigenvalue weighted by Crippen LogP contribution is 2.21. The molecule has 11 nitrogen and oxygen atoms in total. The van der Waals surface area contributed by atoms with Crippen LogP contribution in [0.25, 0.3) is 11.4 Å². The van der Waals surface area contributed by atoms with Gasteiger partial charge in [0.25, 0.3) is 0 Å². The molecule has 11 heteroatoms. The van der Waals surface area contributed by atoms with Gasteiger partial charge in [-0.1, -0.05) is 35.5 Å². The zero-order valence-corrected chi connectivity index (χ0v) is 19.4. The second kappa shape index (κ2) is 10.4. The molecule has 2 aromatic carbocycles. The Morgan fingerprint density at radius 2 is 1.83 bits per heavy atom. The molecule has 0 saturated carbocycles. The van der Waals surface area contributed by atoms with Gasteiger partial charge in [0.15, 0.2) is 0 Å². The fraction of sp³-hybridized carbons (Fsp3) is 0.333. The normalized spacial score (nSPS) is 15.2. The predicted molar refractivity (Wildman–Crippen MR) is 125 cm³/mol. The van der Waals surface area contributed by atoms with Crippen LogP contribution in [-0.4, -0.2) is 79.3 Å². The Labute approximate surface area is 202 Å². The lowest BCUT2D eigenvalue weighted by Gasteiger charge is -2.35. The number of carbonyl (C=O) groups excluding carboxylic acids is 1. The van der Waals surface area contributed by atoms with Gasteiger partial charge in [0.1, 0.15) is 18.1 Å². The number of hydrogen-bond acceptors (Lipinski definition) is 9. The van der Waals surface area contributed by atoms with E-state index in [1.54, 1.807) is 11.8 Å². The van der Waals surface area contributed by atoms with Crippen LogP contribution in [0.3, 0.4) is 0 Å². The summed E-state index contributed by atoms with van der Waals surface area (Å²) in [5, 5.41) is 15.6. The largest absolute Gasteiger partial charge is 0.497 e. The molecular formula is C24H26N8O3. The summed E-state index contributed by atoms with van der Waals surface area (Å²) >= 11 is 0. The first-order valence-electron chi connectivity index (χ1n) is 11.4. The van der Waals surface area contributed by atoms with E-state index in [0.717, 1.165) is 16.9 Å². The van der Waals surface area contributed by atoms with Crippen molar-refractivity contribution in [2.24, 2.45) is 0 Å². The lowest BCUT2D eigenvalue weighted by Crippen LogP contribution is -2.50. The number of hydrogen-bond donors (Lipinski definition) is 0. The topological polar surface area (TPSA) is 115 Å². The maximum Gasteiger partial charge on any atom is 0.248 e. The maximum atomic E-state index is 13.4. The van der Waals surface area contributed by atoms with Gasteiger partial charge >= 0.3 is 0 Å². The van der Waals surface area contributed by atoms with Crippen molar-refractivity contribution in [2.75, 3.05) is 33.3 Å². The number of carbonyl (C=O) groups is 1. The van der Waals surface area contributed by atoms with E-state index in [1.165, 1.54) is 6.33 Å². The van der Waals surface area contributed by atoms with Crippen LogP contribution in [0.2, 0.25) is 0 Å². The first kappa shape index (κ1) is 22.7. The van der Waals surface area contributed by atoms with Gasteiger partial charge in [-0.25, -0.2) is 4.68 Å². The summed E-state index contributed by atoms with van der Waals surface area (Å²) in [6.45, 7) is 3.16. The Kier molecular flexibility index (Phi) is 6.75. The van der Waals surface area contributed by atoms with Crippen LogP contribution in [0.4, 0.5) is 0 Å². The molecular weight excluding hydrogens is 448 g/mol. The highest BCUT2D eigenvalue weighted by Gasteiger charge is 2.30. The Morgan fingerprint density at radius 3 is 2.51 bits per heavy atom. The molecule has 1 unspecified atom stereocenters. The summed E-state index contributed by atoms with van der Waals surface area (Å²) in [6.07, 6.45) is 2.03. The molecule has 0 N–H and O–H groups in total. The van der Waals surface area contributed by atoms with E-state index in [0.29, 0.717) is 50.9 Å². The minimum absolute atomic E-state index is 0.0142. The van der Waals surface area contributed by atoms with E-state index in [9.17, 15) is 4.79 Å². The zero-order chi connectivity index (χ0) is 24.0. The standard InChI is InChI=1S/C24H26N8O3/c1-34-20-9-7-19(8-10-20)23-26-22(35-27-23)16-30-11-13-31(14-12-30)24(33)21(32-17-25-28-29-32)15-18-5-3-2-4-6-18/h2-10,17,21H,11-16H2,1H3. The van der Waals surface area contributed by atoms with Gasteiger partial charge < -0.3 is 14.2 Å². The Balaban J connectivity index is 1.19.